The molecule has 0 amide bonds. The monoisotopic (exact) mass is 484 g/mol. The van der Waals surface area contributed by atoms with E-state index >= 15 is 0 Å². The summed E-state index contributed by atoms with van der Waals surface area (Å²) >= 11 is 0. The molecule has 0 atom stereocenters. The van der Waals surface area contributed by atoms with Crippen LogP contribution in [0.25, 0.3) is 16.9 Å². The lowest BCUT2D eigenvalue weighted by Gasteiger charge is -2.11. The van der Waals surface area contributed by atoms with Crippen LogP contribution in [0, 0.1) is 6.92 Å². The first-order chi connectivity index (χ1) is 16.6. The highest BCUT2D eigenvalue weighted by Crippen LogP contribution is 2.33. The first kappa shape index (κ1) is 23.5. The van der Waals surface area contributed by atoms with Crippen molar-refractivity contribution in [1.82, 2.24) is 14.6 Å². The maximum atomic E-state index is 13.8. The van der Waals surface area contributed by atoms with Gasteiger partial charge in [0.15, 0.2) is 17.2 Å². The van der Waals surface area contributed by atoms with Crippen LogP contribution in [0.2, 0.25) is 0 Å². The van der Waals surface area contributed by atoms with Gasteiger partial charge in [0.25, 0.3) is 0 Å². The highest BCUT2D eigenvalue weighted by molar-refractivity contribution is 6.01. The van der Waals surface area contributed by atoms with Crippen molar-refractivity contribution in [2.75, 3.05) is 12.8 Å². The van der Waals surface area contributed by atoms with Gasteiger partial charge in [0.2, 0.25) is 0 Å². The molecule has 4 aromatic rings. The minimum absolute atomic E-state index is 0.0274. The highest BCUT2D eigenvalue weighted by Gasteiger charge is 2.36. The number of nitrogens with zero attached hydrogens (tertiary/aromatic N) is 4. The Kier molecular flexibility index (Phi) is 6.03. The number of nitrogen functional groups attached to an aromatic ring is 1. The molecule has 0 saturated carbocycles. The smallest absolute Gasteiger partial charge is 0.433 e. The number of hydrogen-bond acceptors (Lipinski definition) is 7. The summed E-state index contributed by atoms with van der Waals surface area (Å²) in [6, 6.07) is 12.0. The number of rotatable bonds is 5. The van der Waals surface area contributed by atoms with Crippen molar-refractivity contribution in [3.63, 3.8) is 0 Å². The van der Waals surface area contributed by atoms with E-state index in [0.29, 0.717) is 32.6 Å². The predicted octanol–water partition coefficient (Wildman–Crippen LogP) is 3.79. The zero-order valence-corrected chi connectivity index (χ0v) is 18.5. The highest BCUT2D eigenvalue weighted by atomic mass is 19.4. The van der Waals surface area contributed by atoms with Gasteiger partial charge in [-0.3, -0.25) is 0 Å². The van der Waals surface area contributed by atoms with Crippen molar-refractivity contribution in [2.45, 2.75) is 13.1 Å². The summed E-state index contributed by atoms with van der Waals surface area (Å²) < 4.78 is 46.9. The quantitative estimate of drug-likeness (QED) is 0.145. The summed E-state index contributed by atoms with van der Waals surface area (Å²) in [6.07, 6.45) is -3.85. The first-order valence-corrected chi connectivity index (χ1v) is 10.1. The second-order valence-electron chi connectivity index (χ2n) is 7.42. The van der Waals surface area contributed by atoms with Gasteiger partial charge in [-0.05, 0) is 48.9 Å². The number of methoxy groups -OCH3 is 1. The van der Waals surface area contributed by atoms with Crippen LogP contribution in [0.4, 0.5) is 18.9 Å². The number of fused-ring (bicyclic) bond motifs is 1. The van der Waals surface area contributed by atoms with Gasteiger partial charge in [-0.2, -0.15) is 18.3 Å². The number of amidine groups is 1. The van der Waals surface area contributed by atoms with E-state index in [1.807, 2.05) is 0 Å². The van der Waals surface area contributed by atoms with Gasteiger partial charge in [0.1, 0.15) is 11.3 Å². The molecule has 0 aliphatic heterocycles. The second kappa shape index (κ2) is 8.97. The number of benzene rings is 2. The van der Waals surface area contributed by atoms with Crippen LogP contribution in [0.1, 0.15) is 27.2 Å². The molecule has 0 bridgehead atoms. The van der Waals surface area contributed by atoms with Crippen LogP contribution in [0.5, 0.6) is 5.75 Å². The third kappa shape index (κ3) is 4.58. The topological polar surface area (TPSA) is 130 Å². The Morgan fingerprint density at radius 3 is 2.49 bits per heavy atom. The number of anilines is 1. The lowest BCUT2D eigenvalue weighted by Crippen LogP contribution is -2.17. The fourth-order valence-corrected chi connectivity index (χ4v) is 3.34. The van der Waals surface area contributed by atoms with Crippen molar-refractivity contribution in [2.24, 2.45) is 10.9 Å². The van der Waals surface area contributed by atoms with Gasteiger partial charge in [-0.1, -0.05) is 17.3 Å². The molecule has 4 rings (SSSR count). The fourth-order valence-electron chi connectivity index (χ4n) is 3.34. The van der Waals surface area contributed by atoms with Crippen molar-refractivity contribution in [1.29, 1.82) is 0 Å². The fraction of sp³-hybridized carbons (Fsp3) is 0.130. The molecule has 180 valence electrons. The Balaban J connectivity index is 1.75. The van der Waals surface area contributed by atoms with E-state index in [9.17, 15) is 18.0 Å². The molecule has 0 saturated heterocycles. The standard InChI is InChI=1S/C23H19F3N6O3/c1-12-15(4-3-5-17(12)27)20(28)31-35-22(33)16-11-29-32-19(23(24,25)26)10-18(30-21(16)32)13-6-8-14(34-2)9-7-13/h3-11H,27H2,1-2H3,(H2,28,31). The summed E-state index contributed by atoms with van der Waals surface area (Å²) in [5.41, 5.74) is 11.8. The number of aromatic nitrogens is 3. The van der Waals surface area contributed by atoms with E-state index in [1.165, 1.54) is 7.11 Å². The summed E-state index contributed by atoms with van der Waals surface area (Å²) in [7, 11) is 1.47. The Hall–Kier alpha value is -4.61. The zero-order valence-electron chi connectivity index (χ0n) is 18.5. The number of carbonyl (C=O) groups is 1. The lowest BCUT2D eigenvalue weighted by molar-refractivity contribution is -0.142. The van der Waals surface area contributed by atoms with Gasteiger partial charge in [-0.15, -0.1) is 0 Å². The molecule has 0 aliphatic carbocycles. The minimum Gasteiger partial charge on any atom is -0.497 e. The normalized spacial score (nSPS) is 12.1. The van der Waals surface area contributed by atoms with Gasteiger partial charge < -0.3 is 21.0 Å². The van der Waals surface area contributed by atoms with Gasteiger partial charge in [0, 0.05) is 16.8 Å². The molecule has 12 heteroatoms. The third-order valence-corrected chi connectivity index (χ3v) is 5.25. The number of halogens is 3. The molecular formula is C23H19F3N6O3. The molecule has 0 unspecified atom stereocenters. The lowest BCUT2D eigenvalue weighted by atomic mass is 10.1. The van der Waals surface area contributed by atoms with Crippen LogP contribution in [-0.4, -0.2) is 33.5 Å². The number of hydrogen-bond donors (Lipinski definition) is 2. The van der Waals surface area contributed by atoms with Crippen molar-refractivity contribution < 1.29 is 27.5 Å². The number of nitrogens with two attached hydrogens (primary N) is 2. The van der Waals surface area contributed by atoms with Crippen molar-refractivity contribution in [3.8, 4) is 17.0 Å². The Morgan fingerprint density at radius 2 is 1.83 bits per heavy atom. The van der Waals surface area contributed by atoms with Crippen LogP contribution in [-0.2, 0) is 11.0 Å². The van der Waals surface area contributed by atoms with Gasteiger partial charge in [-0.25, -0.2) is 14.3 Å². The SMILES string of the molecule is COc1ccc(-c2cc(C(F)(F)F)n3ncc(C(=O)O/N=C(\N)c4cccc(N)c4C)c3n2)cc1. The predicted molar refractivity (Wildman–Crippen MR) is 122 cm³/mol. The van der Waals surface area contributed by atoms with Gasteiger partial charge in [0.05, 0.1) is 19.0 Å². The Morgan fingerprint density at radius 1 is 1.11 bits per heavy atom. The maximum absolute atomic E-state index is 13.8. The Bertz CT molecular complexity index is 1450. The molecule has 2 heterocycles. The summed E-state index contributed by atoms with van der Waals surface area (Å²) in [5.74, 6) is -0.704. The third-order valence-electron chi connectivity index (χ3n) is 5.25. The zero-order chi connectivity index (χ0) is 25.3. The second-order valence-corrected chi connectivity index (χ2v) is 7.42. The van der Waals surface area contributed by atoms with Gasteiger partial charge >= 0.3 is 12.1 Å². The number of oxime groups is 1. The van der Waals surface area contributed by atoms with Crippen LogP contribution in [0.15, 0.2) is 59.9 Å². The molecule has 2 aromatic carbocycles. The molecule has 0 fully saturated rings. The molecular weight excluding hydrogens is 465 g/mol. The molecule has 0 spiro atoms. The van der Waals surface area contributed by atoms with E-state index in [1.54, 1.807) is 49.4 Å². The molecule has 9 nitrogen and oxygen atoms in total. The van der Waals surface area contributed by atoms with E-state index in [2.05, 4.69) is 15.2 Å². The van der Waals surface area contributed by atoms with E-state index < -0.39 is 17.8 Å². The molecule has 2 aromatic heterocycles. The van der Waals surface area contributed by atoms with Crippen LogP contribution < -0.4 is 16.2 Å². The van der Waals surface area contributed by atoms with E-state index in [4.69, 9.17) is 21.0 Å². The van der Waals surface area contributed by atoms with E-state index in [-0.39, 0.29) is 22.7 Å². The number of carbonyl (C=O) groups excluding carboxylic acids is 1. The maximum Gasteiger partial charge on any atom is 0.433 e. The molecule has 4 N–H and O–H groups in total. The average molecular weight is 484 g/mol. The van der Waals surface area contributed by atoms with Crippen LogP contribution >= 0.6 is 0 Å². The summed E-state index contributed by atoms with van der Waals surface area (Å²) in [6.45, 7) is 1.71. The minimum atomic E-state index is -4.77. The number of ether oxygens (including phenoxy) is 1. The Labute approximate surface area is 196 Å². The first-order valence-electron chi connectivity index (χ1n) is 10.1. The molecule has 0 radical (unpaired) electrons. The number of alkyl halides is 3. The van der Waals surface area contributed by atoms with Crippen LogP contribution in [0.3, 0.4) is 0 Å². The summed E-state index contributed by atoms with van der Waals surface area (Å²) in [4.78, 5) is 21.8. The van der Waals surface area contributed by atoms with Crippen molar-refractivity contribution in [3.05, 3.63) is 77.1 Å². The summed E-state index contributed by atoms with van der Waals surface area (Å²) in [5, 5.41) is 7.31. The molecule has 35 heavy (non-hydrogen) atoms. The largest absolute Gasteiger partial charge is 0.497 e. The molecule has 0 aliphatic rings. The van der Waals surface area contributed by atoms with E-state index in [0.717, 1.165) is 12.3 Å². The average Bonchev–Trinajstić information content (AvgIpc) is 3.27. The van der Waals surface area contributed by atoms with Crippen molar-refractivity contribution >= 4 is 23.1 Å².